The Morgan fingerprint density at radius 2 is 1.28 bits per heavy atom. The molecule has 0 spiro atoms. The smallest absolute Gasteiger partial charge is 0.167 e. The number of hydrogen-bond donors (Lipinski definition) is 1. The van der Waals surface area contributed by atoms with Gasteiger partial charge in [0.05, 0.1) is 11.7 Å². The number of aromatic nitrogens is 3. The van der Waals surface area contributed by atoms with Crippen molar-refractivity contribution in [1.29, 1.82) is 0 Å². The minimum atomic E-state index is 0.145. The first-order valence-corrected chi connectivity index (χ1v) is 11.0. The SMILES string of the molecule is CCC1CCCO1.Oc1ccccc1-c1nc(-c2ccccc2)nc(-c2ccccc2)n1. The van der Waals surface area contributed by atoms with E-state index in [1.165, 1.54) is 19.3 Å². The van der Waals surface area contributed by atoms with Gasteiger partial charge in [0, 0.05) is 17.7 Å². The molecule has 3 aromatic carbocycles. The summed E-state index contributed by atoms with van der Waals surface area (Å²) in [5, 5.41) is 10.2. The van der Waals surface area contributed by atoms with Crippen molar-refractivity contribution < 1.29 is 9.84 Å². The first kappa shape index (κ1) is 21.7. The molecule has 0 aliphatic carbocycles. The predicted octanol–water partition coefficient (Wildman–Crippen LogP) is 6.15. The van der Waals surface area contributed by atoms with E-state index in [9.17, 15) is 5.11 Å². The number of aromatic hydroxyl groups is 1. The molecule has 1 saturated heterocycles. The third-order valence-corrected chi connectivity index (χ3v) is 5.32. The summed E-state index contributed by atoms with van der Waals surface area (Å²) < 4.78 is 5.30. The zero-order valence-electron chi connectivity index (χ0n) is 18.2. The molecule has 5 nitrogen and oxygen atoms in total. The quantitative estimate of drug-likeness (QED) is 0.424. The lowest BCUT2D eigenvalue weighted by Gasteiger charge is -2.09. The first-order chi connectivity index (χ1) is 15.7. The van der Waals surface area contributed by atoms with Crippen LogP contribution in [0.25, 0.3) is 34.2 Å². The van der Waals surface area contributed by atoms with Crippen molar-refractivity contribution in [2.75, 3.05) is 6.61 Å². The summed E-state index contributed by atoms with van der Waals surface area (Å²) in [6.45, 7) is 3.18. The van der Waals surface area contributed by atoms with E-state index >= 15 is 0 Å². The monoisotopic (exact) mass is 425 g/mol. The molecular formula is C27H27N3O2. The zero-order chi connectivity index (χ0) is 22.2. The number of hydrogen-bond acceptors (Lipinski definition) is 5. The summed E-state index contributed by atoms with van der Waals surface area (Å²) in [4.78, 5) is 13.8. The second-order valence-electron chi connectivity index (χ2n) is 7.60. The van der Waals surface area contributed by atoms with Crippen LogP contribution in [0.3, 0.4) is 0 Å². The Morgan fingerprint density at radius 1 is 0.750 bits per heavy atom. The molecule has 162 valence electrons. The topological polar surface area (TPSA) is 68.1 Å². The van der Waals surface area contributed by atoms with Crippen LogP contribution in [0.2, 0.25) is 0 Å². The minimum Gasteiger partial charge on any atom is -0.507 e. The third kappa shape index (κ3) is 5.37. The summed E-state index contributed by atoms with van der Waals surface area (Å²) in [6.07, 6.45) is 4.36. The van der Waals surface area contributed by atoms with Gasteiger partial charge in [-0.05, 0) is 31.4 Å². The molecule has 0 bridgehead atoms. The summed E-state index contributed by atoms with van der Waals surface area (Å²) in [5.74, 6) is 1.75. The van der Waals surface area contributed by atoms with Gasteiger partial charge in [0.2, 0.25) is 0 Å². The van der Waals surface area contributed by atoms with E-state index in [-0.39, 0.29) is 5.75 Å². The lowest BCUT2D eigenvalue weighted by Crippen LogP contribution is -2.00. The van der Waals surface area contributed by atoms with Gasteiger partial charge in [-0.15, -0.1) is 0 Å². The van der Waals surface area contributed by atoms with E-state index in [2.05, 4.69) is 21.9 Å². The summed E-state index contributed by atoms with van der Waals surface area (Å²) >= 11 is 0. The third-order valence-electron chi connectivity index (χ3n) is 5.32. The van der Waals surface area contributed by atoms with Crippen molar-refractivity contribution in [2.45, 2.75) is 32.3 Å². The average molecular weight is 426 g/mol. The van der Waals surface area contributed by atoms with Crippen LogP contribution >= 0.6 is 0 Å². The highest BCUT2D eigenvalue weighted by atomic mass is 16.5. The highest BCUT2D eigenvalue weighted by Crippen LogP contribution is 2.29. The maximum Gasteiger partial charge on any atom is 0.167 e. The Balaban J connectivity index is 0.000000300. The molecule has 1 unspecified atom stereocenters. The molecule has 1 aliphatic rings. The maximum atomic E-state index is 10.2. The molecule has 32 heavy (non-hydrogen) atoms. The number of phenolic OH excluding ortho intramolecular Hbond substituents is 1. The molecule has 4 aromatic rings. The molecule has 1 aliphatic heterocycles. The maximum absolute atomic E-state index is 10.2. The van der Waals surface area contributed by atoms with Crippen LogP contribution in [-0.4, -0.2) is 32.8 Å². The van der Waals surface area contributed by atoms with Gasteiger partial charge in [-0.2, -0.15) is 0 Å². The predicted molar refractivity (Wildman–Crippen MR) is 127 cm³/mol. The van der Waals surface area contributed by atoms with Crippen molar-refractivity contribution in [3.05, 3.63) is 84.9 Å². The molecule has 1 atom stereocenters. The van der Waals surface area contributed by atoms with Gasteiger partial charge >= 0.3 is 0 Å². The van der Waals surface area contributed by atoms with Gasteiger partial charge < -0.3 is 9.84 Å². The molecule has 5 heteroatoms. The highest BCUT2D eigenvalue weighted by Gasteiger charge is 2.14. The van der Waals surface area contributed by atoms with Crippen molar-refractivity contribution in [2.24, 2.45) is 0 Å². The second-order valence-corrected chi connectivity index (χ2v) is 7.60. The van der Waals surface area contributed by atoms with E-state index in [4.69, 9.17) is 4.74 Å². The molecule has 5 rings (SSSR count). The molecule has 1 N–H and O–H groups in total. The fourth-order valence-corrected chi connectivity index (χ4v) is 3.56. The lowest BCUT2D eigenvalue weighted by atomic mass is 10.1. The lowest BCUT2D eigenvalue weighted by molar-refractivity contribution is 0.108. The minimum absolute atomic E-state index is 0.145. The van der Waals surface area contributed by atoms with E-state index in [0.29, 0.717) is 29.1 Å². The number of rotatable bonds is 4. The zero-order valence-corrected chi connectivity index (χ0v) is 18.2. The molecule has 2 heterocycles. The average Bonchev–Trinajstić information content (AvgIpc) is 3.40. The molecule has 0 saturated carbocycles. The van der Waals surface area contributed by atoms with Gasteiger partial charge in [-0.1, -0.05) is 79.7 Å². The second kappa shape index (κ2) is 10.6. The Morgan fingerprint density at radius 3 is 1.75 bits per heavy atom. The van der Waals surface area contributed by atoms with Gasteiger partial charge in [0.25, 0.3) is 0 Å². The van der Waals surface area contributed by atoms with E-state index in [0.717, 1.165) is 17.7 Å². The Hall–Kier alpha value is -3.57. The standard InChI is InChI=1S/C21H15N3O.C6H12O/c25-18-14-8-7-13-17(18)21-23-19(15-9-3-1-4-10-15)22-20(24-21)16-11-5-2-6-12-16;1-2-6-4-3-5-7-6/h1-14,25H;6H,2-5H2,1H3. The van der Waals surface area contributed by atoms with E-state index in [1.54, 1.807) is 18.2 Å². The van der Waals surface area contributed by atoms with Crippen LogP contribution in [0.15, 0.2) is 84.9 Å². The summed E-state index contributed by atoms with van der Waals surface area (Å²) in [7, 11) is 0. The van der Waals surface area contributed by atoms with Crippen LogP contribution in [0.4, 0.5) is 0 Å². The normalized spacial score (nSPS) is 15.1. The molecular weight excluding hydrogens is 398 g/mol. The van der Waals surface area contributed by atoms with Crippen LogP contribution in [0.1, 0.15) is 26.2 Å². The van der Waals surface area contributed by atoms with Crippen LogP contribution in [0.5, 0.6) is 5.75 Å². The summed E-state index contributed by atoms with van der Waals surface area (Å²) in [6, 6.07) is 26.6. The number of benzene rings is 3. The Kier molecular flexibility index (Phi) is 7.20. The Bertz CT molecular complexity index is 1070. The van der Waals surface area contributed by atoms with Crippen molar-refractivity contribution in [3.8, 4) is 39.9 Å². The fourth-order valence-electron chi connectivity index (χ4n) is 3.56. The number of nitrogens with zero attached hydrogens (tertiary/aromatic N) is 3. The van der Waals surface area contributed by atoms with E-state index < -0.39 is 0 Å². The van der Waals surface area contributed by atoms with Gasteiger partial charge in [-0.25, -0.2) is 15.0 Å². The number of phenols is 1. The van der Waals surface area contributed by atoms with Gasteiger partial charge in [-0.3, -0.25) is 0 Å². The first-order valence-electron chi connectivity index (χ1n) is 11.0. The van der Waals surface area contributed by atoms with Gasteiger partial charge in [0.15, 0.2) is 17.5 Å². The van der Waals surface area contributed by atoms with Crippen LogP contribution in [0, 0.1) is 0 Å². The molecule has 0 radical (unpaired) electrons. The molecule has 0 amide bonds. The number of ether oxygens (including phenoxy) is 1. The molecule has 1 aromatic heterocycles. The van der Waals surface area contributed by atoms with Crippen LogP contribution in [-0.2, 0) is 4.74 Å². The largest absolute Gasteiger partial charge is 0.507 e. The van der Waals surface area contributed by atoms with Gasteiger partial charge in [0.1, 0.15) is 5.75 Å². The van der Waals surface area contributed by atoms with E-state index in [1.807, 2.05) is 66.7 Å². The summed E-state index contributed by atoms with van der Waals surface area (Å²) in [5.41, 5.74) is 2.39. The number of para-hydroxylation sites is 1. The highest BCUT2D eigenvalue weighted by molar-refractivity contribution is 5.69. The van der Waals surface area contributed by atoms with Crippen molar-refractivity contribution in [3.63, 3.8) is 0 Å². The van der Waals surface area contributed by atoms with Crippen LogP contribution < -0.4 is 0 Å². The molecule has 1 fully saturated rings. The fraction of sp³-hybridized carbons (Fsp3) is 0.222. The van der Waals surface area contributed by atoms with Crippen molar-refractivity contribution >= 4 is 0 Å². The Labute approximate surface area is 188 Å². The van der Waals surface area contributed by atoms with Crippen molar-refractivity contribution in [1.82, 2.24) is 15.0 Å².